The van der Waals surface area contributed by atoms with Gasteiger partial charge in [0.15, 0.2) is 0 Å². The van der Waals surface area contributed by atoms with Gasteiger partial charge in [-0.05, 0) is 54.3 Å². The van der Waals surface area contributed by atoms with Gasteiger partial charge in [-0.3, -0.25) is 0 Å². The van der Waals surface area contributed by atoms with E-state index in [0.29, 0.717) is 0 Å². The van der Waals surface area contributed by atoms with E-state index in [1.54, 1.807) is 57.8 Å². The molecule has 0 aromatic heterocycles. The summed E-state index contributed by atoms with van der Waals surface area (Å²) < 4.78 is 0. The number of rotatable bonds is 2. The minimum absolute atomic E-state index is 1.05. The van der Waals surface area contributed by atoms with Gasteiger partial charge in [0.05, 0.1) is 0 Å². The van der Waals surface area contributed by atoms with Gasteiger partial charge in [-0.25, -0.2) is 0 Å². The third kappa shape index (κ3) is 2.26. The molecule has 0 N–H and O–H groups in total. The molecule has 0 heterocycles. The van der Waals surface area contributed by atoms with Gasteiger partial charge in [0.25, 0.3) is 0 Å². The number of hydrogen-bond donors (Lipinski definition) is 0. The first-order chi connectivity index (χ1) is 9.84. The van der Waals surface area contributed by atoms with E-state index < -0.39 is 0 Å². The van der Waals surface area contributed by atoms with Gasteiger partial charge in [0, 0.05) is 0 Å². The molecule has 0 aromatic rings. The van der Waals surface area contributed by atoms with E-state index in [9.17, 15) is 0 Å². The van der Waals surface area contributed by atoms with Crippen LogP contribution in [0.5, 0.6) is 0 Å². The van der Waals surface area contributed by atoms with E-state index in [0.717, 1.165) is 35.5 Å². The molecule has 0 saturated heterocycles. The molecule has 0 aliphatic heterocycles. The summed E-state index contributed by atoms with van der Waals surface area (Å²) in [4.78, 5) is 0. The first-order valence-corrected chi connectivity index (χ1v) is 9.84. The SMILES string of the molecule is CC(C1CCCCC1)C1CC2CCCC3CCCC1C32. The molecule has 0 spiro atoms. The molecule has 4 saturated carbocycles. The molecule has 4 fully saturated rings. The monoisotopic (exact) mass is 274 g/mol. The van der Waals surface area contributed by atoms with Crippen LogP contribution in [0.25, 0.3) is 0 Å². The molecule has 4 aliphatic carbocycles. The van der Waals surface area contributed by atoms with Crippen molar-refractivity contribution in [3.8, 4) is 0 Å². The van der Waals surface area contributed by atoms with Crippen LogP contribution in [0.1, 0.15) is 84.0 Å². The van der Waals surface area contributed by atoms with E-state index in [4.69, 9.17) is 0 Å². The Balaban J connectivity index is 1.50. The van der Waals surface area contributed by atoms with Crippen LogP contribution in [0, 0.1) is 41.4 Å². The van der Waals surface area contributed by atoms with Crippen LogP contribution in [0.2, 0.25) is 0 Å². The van der Waals surface area contributed by atoms with Crippen molar-refractivity contribution < 1.29 is 0 Å². The van der Waals surface area contributed by atoms with Crippen LogP contribution >= 0.6 is 0 Å². The van der Waals surface area contributed by atoms with Crippen molar-refractivity contribution >= 4 is 0 Å². The van der Waals surface area contributed by atoms with Gasteiger partial charge >= 0.3 is 0 Å². The lowest BCUT2D eigenvalue weighted by molar-refractivity contribution is 0.0670. The molecule has 4 aliphatic rings. The van der Waals surface area contributed by atoms with E-state index in [2.05, 4.69) is 6.92 Å². The standard InChI is InChI=1S/C20H34/c1-14(15-7-3-2-4-8-15)19-13-17-11-5-9-16-10-6-12-18(19)20(16)17/h14-20H,2-13H2,1H3. The average Bonchev–Trinajstić information content (AvgIpc) is 2.89. The summed E-state index contributed by atoms with van der Waals surface area (Å²) in [5.41, 5.74) is 0. The Morgan fingerprint density at radius 3 is 2.20 bits per heavy atom. The van der Waals surface area contributed by atoms with Gasteiger partial charge in [-0.15, -0.1) is 0 Å². The maximum absolute atomic E-state index is 2.65. The average molecular weight is 274 g/mol. The number of hydrogen-bond acceptors (Lipinski definition) is 0. The predicted octanol–water partition coefficient (Wildman–Crippen LogP) is 6.06. The van der Waals surface area contributed by atoms with Gasteiger partial charge in [0.2, 0.25) is 0 Å². The van der Waals surface area contributed by atoms with Crippen LogP contribution < -0.4 is 0 Å². The van der Waals surface area contributed by atoms with Gasteiger partial charge in [0.1, 0.15) is 0 Å². The maximum Gasteiger partial charge on any atom is -0.0326 e. The lowest BCUT2D eigenvalue weighted by Crippen LogP contribution is -2.35. The zero-order chi connectivity index (χ0) is 13.5. The van der Waals surface area contributed by atoms with Crippen molar-refractivity contribution in [2.75, 3.05) is 0 Å². The fourth-order valence-electron chi connectivity index (χ4n) is 7.17. The largest absolute Gasteiger partial charge is 0.0620 e. The molecular formula is C20H34. The fourth-order valence-corrected chi connectivity index (χ4v) is 7.17. The summed E-state index contributed by atoms with van der Waals surface area (Å²) in [6.45, 7) is 2.65. The normalized spacial score (nSPS) is 47.0. The summed E-state index contributed by atoms with van der Waals surface area (Å²) in [6, 6.07) is 0. The fraction of sp³-hybridized carbons (Fsp3) is 1.00. The van der Waals surface area contributed by atoms with Gasteiger partial charge in [-0.2, -0.15) is 0 Å². The van der Waals surface area contributed by atoms with Crippen LogP contribution in [0.3, 0.4) is 0 Å². The first-order valence-electron chi connectivity index (χ1n) is 9.84. The molecule has 6 atom stereocenters. The molecule has 4 rings (SSSR count). The Kier molecular flexibility index (Phi) is 3.86. The highest BCUT2D eigenvalue weighted by Crippen LogP contribution is 2.59. The van der Waals surface area contributed by atoms with Crippen LogP contribution in [-0.4, -0.2) is 0 Å². The molecule has 0 aromatic carbocycles. The van der Waals surface area contributed by atoms with E-state index in [-0.39, 0.29) is 0 Å². The van der Waals surface area contributed by atoms with Crippen molar-refractivity contribution in [3.63, 3.8) is 0 Å². The Morgan fingerprint density at radius 2 is 1.40 bits per heavy atom. The van der Waals surface area contributed by atoms with Crippen LogP contribution in [0.15, 0.2) is 0 Å². The smallest absolute Gasteiger partial charge is 0.0326 e. The second-order valence-electron chi connectivity index (χ2n) is 8.78. The third-order valence-electron chi connectivity index (χ3n) is 8.04. The second-order valence-corrected chi connectivity index (χ2v) is 8.78. The topological polar surface area (TPSA) is 0 Å². The third-order valence-corrected chi connectivity index (χ3v) is 8.04. The summed E-state index contributed by atoms with van der Waals surface area (Å²) >= 11 is 0. The quantitative estimate of drug-likeness (QED) is 0.574. The summed E-state index contributed by atoms with van der Waals surface area (Å²) in [5.74, 6) is 7.88. The van der Waals surface area contributed by atoms with Crippen LogP contribution in [-0.2, 0) is 0 Å². The minimum atomic E-state index is 1.05. The Bertz CT molecular complexity index is 325. The van der Waals surface area contributed by atoms with Crippen molar-refractivity contribution in [2.45, 2.75) is 84.0 Å². The van der Waals surface area contributed by atoms with E-state index >= 15 is 0 Å². The summed E-state index contributed by atoms with van der Waals surface area (Å²) in [6.07, 6.45) is 18.8. The Hall–Kier alpha value is 0. The highest BCUT2D eigenvalue weighted by molar-refractivity contribution is 5.00. The molecule has 0 nitrogen and oxygen atoms in total. The van der Waals surface area contributed by atoms with Crippen molar-refractivity contribution in [1.29, 1.82) is 0 Å². The van der Waals surface area contributed by atoms with Gasteiger partial charge < -0.3 is 0 Å². The zero-order valence-corrected chi connectivity index (χ0v) is 13.5. The molecule has 0 bridgehead atoms. The molecule has 20 heavy (non-hydrogen) atoms. The Morgan fingerprint density at radius 1 is 0.700 bits per heavy atom. The first kappa shape index (κ1) is 13.6. The molecule has 0 radical (unpaired) electrons. The maximum atomic E-state index is 2.65. The van der Waals surface area contributed by atoms with E-state index in [1.165, 1.54) is 25.2 Å². The van der Waals surface area contributed by atoms with Crippen molar-refractivity contribution in [2.24, 2.45) is 41.4 Å². The summed E-state index contributed by atoms with van der Waals surface area (Å²) in [7, 11) is 0. The molecular weight excluding hydrogens is 240 g/mol. The molecule has 6 unspecified atom stereocenters. The van der Waals surface area contributed by atoms with Crippen LogP contribution in [0.4, 0.5) is 0 Å². The molecule has 114 valence electrons. The summed E-state index contributed by atoms with van der Waals surface area (Å²) in [5, 5.41) is 0. The zero-order valence-electron chi connectivity index (χ0n) is 13.5. The highest BCUT2D eigenvalue weighted by Gasteiger charge is 2.51. The highest BCUT2D eigenvalue weighted by atomic mass is 14.6. The molecule has 0 heteroatoms. The van der Waals surface area contributed by atoms with E-state index in [1.807, 2.05) is 0 Å². The molecule has 0 amide bonds. The predicted molar refractivity (Wildman–Crippen MR) is 85.5 cm³/mol. The lowest BCUT2D eigenvalue weighted by atomic mass is 9.62. The lowest BCUT2D eigenvalue weighted by Gasteiger charge is -2.43. The van der Waals surface area contributed by atoms with Gasteiger partial charge in [-0.1, -0.05) is 71.1 Å². The second kappa shape index (κ2) is 5.65. The Labute approximate surface area is 126 Å². The van der Waals surface area contributed by atoms with Crippen molar-refractivity contribution in [3.05, 3.63) is 0 Å². The van der Waals surface area contributed by atoms with Crippen molar-refractivity contribution in [1.82, 2.24) is 0 Å². The minimum Gasteiger partial charge on any atom is -0.0620 e.